The first-order valence-electron chi connectivity index (χ1n) is 9.44. The average Bonchev–Trinajstić information content (AvgIpc) is 3.28. The van der Waals surface area contributed by atoms with Gasteiger partial charge in [0.1, 0.15) is 24.0 Å². The predicted octanol–water partition coefficient (Wildman–Crippen LogP) is 2.77. The average molecular weight is 388 g/mol. The zero-order valence-electron chi connectivity index (χ0n) is 16.0. The number of nitrogens with zero attached hydrogens (tertiary/aromatic N) is 6. The van der Waals surface area contributed by atoms with Gasteiger partial charge in [-0.3, -0.25) is 4.98 Å². The van der Waals surface area contributed by atoms with Gasteiger partial charge in [-0.1, -0.05) is 18.2 Å². The molecule has 1 fully saturated rings. The molecule has 8 nitrogen and oxygen atoms in total. The number of methoxy groups -OCH3 is 1. The molecule has 0 N–H and O–H groups in total. The Morgan fingerprint density at radius 2 is 1.97 bits per heavy atom. The number of benzene rings is 1. The number of pyridine rings is 1. The molecule has 0 bridgehead atoms. The maximum atomic E-state index is 6.04. The molecular weight excluding hydrogens is 368 g/mol. The van der Waals surface area contributed by atoms with Crippen LogP contribution in [0.5, 0.6) is 5.75 Å². The molecule has 1 unspecified atom stereocenters. The number of ether oxygens (including phenoxy) is 2. The Kier molecular flexibility index (Phi) is 4.53. The van der Waals surface area contributed by atoms with Crippen molar-refractivity contribution in [1.29, 1.82) is 0 Å². The van der Waals surface area contributed by atoms with Crippen molar-refractivity contribution in [1.82, 2.24) is 24.6 Å². The summed E-state index contributed by atoms with van der Waals surface area (Å²) in [6.07, 6.45) is 3.24. The van der Waals surface area contributed by atoms with Crippen molar-refractivity contribution >= 4 is 11.6 Å². The zero-order chi connectivity index (χ0) is 19.6. The maximum absolute atomic E-state index is 6.04. The Labute approximate surface area is 167 Å². The van der Waals surface area contributed by atoms with Gasteiger partial charge in [0.2, 0.25) is 0 Å². The van der Waals surface area contributed by atoms with Crippen LogP contribution in [0.2, 0.25) is 0 Å². The van der Waals surface area contributed by atoms with Crippen LogP contribution >= 0.6 is 0 Å². The number of fused-ring (bicyclic) bond motifs is 1. The first-order valence-corrected chi connectivity index (χ1v) is 9.44. The van der Waals surface area contributed by atoms with Crippen molar-refractivity contribution in [2.24, 2.45) is 0 Å². The molecule has 0 radical (unpaired) electrons. The predicted molar refractivity (Wildman–Crippen MR) is 108 cm³/mol. The Hall–Kier alpha value is -3.52. The molecule has 0 saturated carbocycles. The molecule has 0 spiro atoms. The monoisotopic (exact) mass is 388 g/mol. The molecule has 4 aromatic rings. The quantitative estimate of drug-likeness (QED) is 0.532. The van der Waals surface area contributed by atoms with Crippen molar-refractivity contribution in [3.63, 3.8) is 0 Å². The second-order valence-electron chi connectivity index (χ2n) is 6.77. The Morgan fingerprint density at radius 3 is 2.76 bits per heavy atom. The molecule has 1 atom stereocenters. The maximum Gasteiger partial charge on any atom is 0.254 e. The summed E-state index contributed by atoms with van der Waals surface area (Å²) in [4.78, 5) is 15.6. The van der Waals surface area contributed by atoms with E-state index in [9.17, 15) is 0 Å². The first-order chi connectivity index (χ1) is 14.3. The summed E-state index contributed by atoms with van der Waals surface area (Å²) in [6.45, 7) is 2.08. The molecule has 146 valence electrons. The van der Waals surface area contributed by atoms with E-state index in [2.05, 4.69) is 25.0 Å². The molecule has 1 aromatic carbocycles. The molecule has 8 heteroatoms. The van der Waals surface area contributed by atoms with Gasteiger partial charge in [-0.2, -0.15) is 14.6 Å². The second kappa shape index (κ2) is 7.48. The van der Waals surface area contributed by atoms with Crippen molar-refractivity contribution in [2.45, 2.75) is 6.10 Å². The molecule has 1 aliphatic rings. The lowest BCUT2D eigenvalue weighted by molar-refractivity contribution is 0.0393. The lowest BCUT2D eigenvalue weighted by atomic mass is 10.1. The molecule has 1 saturated heterocycles. The highest BCUT2D eigenvalue weighted by Gasteiger charge is 2.25. The number of hydrogen-bond donors (Lipinski definition) is 0. The van der Waals surface area contributed by atoms with Crippen LogP contribution in [0.4, 0.5) is 5.82 Å². The SMILES string of the molecule is COc1ccc(C2CN(c3cc(-c4ccccn4)nc4ncnn34)CCO2)cc1. The molecule has 3 aromatic heterocycles. The van der Waals surface area contributed by atoms with Crippen molar-refractivity contribution in [3.05, 3.63) is 66.6 Å². The summed E-state index contributed by atoms with van der Waals surface area (Å²) >= 11 is 0. The van der Waals surface area contributed by atoms with Gasteiger partial charge in [0.15, 0.2) is 0 Å². The molecule has 29 heavy (non-hydrogen) atoms. The van der Waals surface area contributed by atoms with E-state index in [1.54, 1.807) is 17.8 Å². The van der Waals surface area contributed by atoms with Gasteiger partial charge >= 0.3 is 0 Å². The van der Waals surface area contributed by atoms with Crippen LogP contribution in [0.3, 0.4) is 0 Å². The Bertz CT molecular complexity index is 1110. The van der Waals surface area contributed by atoms with Crippen LogP contribution in [0.1, 0.15) is 11.7 Å². The van der Waals surface area contributed by atoms with Gasteiger partial charge in [0.05, 0.1) is 25.1 Å². The number of rotatable bonds is 4. The summed E-state index contributed by atoms with van der Waals surface area (Å²) < 4.78 is 13.1. The zero-order valence-corrected chi connectivity index (χ0v) is 16.0. The second-order valence-corrected chi connectivity index (χ2v) is 6.77. The third kappa shape index (κ3) is 3.38. The molecule has 0 aliphatic carbocycles. The van der Waals surface area contributed by atoms with Crippen molar-refractivity contribution < 1.29 is 9.47 Å². The van der Waals surface area contributed by atoms with E-state index in [1.165, 1.54) is 6.33 Å². The third-order valence-corrected chi connectivity index (χ3v) is 5.04. The highest BCUT2D eigenvalue weighted by atomic mass is 16.5. The van der Waals surface area contributed by atoms with Gasteiger partial charge in [-0.05, 0) is 29.8 Å². The van der Waals surface area contributed by atoms with E-state index < -0.39 is 0 Å². The van der Waals surface area contributed by atoms with Crippen molar-refractivity contribution in [3.8, 4) is 17.1 Å². The lowest BCUT2D eigenvalue weighted by Crippen LogP contribution is -2.39. The summed E-state index contributed by atoms with van der Waals surface area (Å²) in [6, 6.07) is 15.8. The molecule has 5 rings (SSSR count). The number of hydrogen-bond acceptors (Lipinski definition) is 7. The molecule has 1 aliphatic heterocycles. The van der Waals surface area contributed by atoms with Crippen LogP contribution in [0, 0.1) is 0 Å². The minimum absolute atomic E-state index is 0.0420. The van der Waals surface area contributed by atoms with E-state index in [4.69, 9.17) is 9.47 Å². The van der Waals surface area contributed by atoms with Crippen LogP contribution in [-0.2, 0) is 4.74 Å². The fraction of sp³-hybridized carbons (Fsp3) is 0.238. The third-order valence-electron chi connectivity index (χ3n) is 5.04. The smallest absolute Gasteiger partial charge is 0.254 e. The minimum Gasteiger partial charge on any atom is -0.497 e. The van der Waals surface area contributed by atoms with Crippen molar-refractivity contribution in [2.75, 3.05) is 31.7 Å². The summed E-state index contributed by atoms with van der Waals surface area (Å²) in [5, 5.41) is 4.37. The van der Waals surface area contributed by atoms with E-state index in [1.807, 2.05) is 48.5 Å². The molecular formula is C21H20N6O2. The first kappa shape index (κ1) is 17.6. The lowest BCUT2D eigenvalue weighted by Gasteiger charge is -2.34. The van der Waals surface area contributed by atoms with Crippen LogP contribution < -0.4 is 9.64 Å². The molecule has 4 heterocycles. The largest absolute Gasteiger partial charge is 0.497 e. The van der Waals surface area contributed by atoms with Crippen LogP contribution in [0.25, 0.3) is 17.2 Å². The normalized spacial score (nSPS) is 16.9. The van der Waals surface area contributed by atoms with E-state index >= 15 is 0 Å². The number of morpholine rings is 1. The summed E-state index contributed by atoms with van der Waals surface area (Å²) in [5.41, 5.74) is 2.69. The topological polar surface area (TPSA) is 77.7 Å². The van der Waals surface area contributed by atoms with E-state index in [0.717, 1.165) is 35.1 Å². The fourth-order valence-corrected chi connectivity index (χ4v) is 3.55. The highest BCUT2D eigenvalue weighted by molar-refractivity contribution is 5.62. The van der Waals surface area contributed by atoms with Crippen LogP contribution in [0.15, 0.2) is 61.1 Å². The summed E-state index contributed by atoms with van der Waals surface area (Å²) in [5.74, 6) is 2.31. The summed E-state index contributed by atoms with van der Waals surface area (Å²) in [7, 11) is 1.67. The number of anilines is 1. The van der Waals surface area contributed by atoms with Gasteiger partial charge < -0.3 is 14.4 Å². The fourth-order valence-electron chi connectivity index (χ4n) is 3.55. The molecule has 0 amide bonds. The van der Waals surface area contributed by atoms with Gasteiger partial charge in [0.25, 0.3) is 5.78 Å². The van der Waals surface area contributed by atoms with E-state index in [0.29, 0.717) is 18.9 Å². The Morgan fingerprint density at radius 1 is 1.07 bits per heavy atom. The van der Waals surface area contributed by atoms with Crippen LogP contribution in [-0.4, -0.2) is 51.4 Å². The van der Waals surface area contributed by atoms with Gasteiger partial charge in [0, 0.05) is 25.4 Å². The van der Waals surface area contributed by atoms with Gasteiger partial charge in [-0.15, -0.1) is 0 Å². The standard InChI is InChI=1S/C21H20N6O2/c1-28-16-7-5-15(6-8-16)19-13-26(10-11-29-19)20-12-18(17-4-2-3-9-22-17)25-21-23-14-24-27(20)21/h2-9,12,14,19H,10-11,13H2,1H3. The number of aromatic nitrogens is 5. The van der Waals surface area contributed by atoms with Gasteiger partial charge in [-0.25, -0.2) is 4.98 Å². The minimum atomic E-state index is -0.0420. The Balaban J connectivity index is 1.50. The highest BCUT2D eigenvalue weighted by Crippen LogP contribution is 2.29. The van der Waals surface area contributed by atoms with E-state index in [-0.39, 0.29) is 6.10 Å².